The molecule has 1 aliphatic rings. The first-order valence-corrected chi connectivity index (χ1v) is 6.07. The van der Waals surface area contributed by atoms with Gasteiger partial charge in [0.15, 0.2) is 0 Å². The van der Waals surface area contributed by atoms with Gasteiger partial charge >= 0.3 is 0 Å². The number of nitrogens with zero attached hydrogens (tertiary/aromatic N) is 4. The summed E-state index contributed by atoms with van der Waals surface area (Å²) >= 11 is 0. The Bertz CT molecular complexity index is 367. The maximum atomic E-state index is 5.49. The van der Waals surface area contributed by atoms with E-state index in [1.165, 1.54) is 19.3 Å². The van der Waals surface area contributed by atoms with Crippen LogP contribution in [0.3, 0.4) is 0 Å². The summed E-state index contributed by atoms with van der Waals surface area (Å²) in [5.41, 5.74) is 5.49. The Morgan fingerprint density at radius 3 is 3.00 bits per heavy atom. The zero-order chi connectivity index (χ0) is 12.3. The van der Waals surface area contributed by atoms with Crippen molar-refractivity contribution < 1.29 is 0 Å². The highest BCUT2D eigenvalue weighted by molar-refractivity contribution is 5.28. The Morgan fingerprint density at radius 2 is 2.35 bits per heavy atom. The Balaban J connectivity index is 1.80. The molecule has 0 spiro atoms. The molecule has 0 saturated carbocycles. The number of likely N-dealkylation sites (tertiary alicyclic amines) is 1. The Labute approximate surface area is 102 Å². The van der Waals surface area contributed by atoms with E-state index >= 15 is 0 Å². The predicted molar refractivity (Wildman–Crippen MR) is 67.5 cm³/mol. The van der Waals surface area contributed by atoms with Crippen molar-refractivity contribution in [2.75, 3.05) is 30.7 Å². The van der Waals surface area contributed by atoms with E-state index in [4.69, 9.17) is 5.73 Å². The lowest BCUT2D eigenvalue weighted by molar-refractivity contribution is 0.266. The monoisotopic (exact) mass is 236 g/mol. The van der Waals surface area contributed by atoms with Gasteiger partial charge in [-0.3, -0.25) is 0 Å². The largest absolute Gasteiger partial charge is 0.368 e. The molecule has 6 heteroatoms. The first-order chi connectivity index (χ1) is 8.15. The number of rotatable bonds is 4. The van der Waals surface area contributed by atoms with Gasteiger partial charge in [0.25, 0.3) is 0 Å². The molecule has 1 fully saturated rings. The first-order valence-electron chi connectivity index (χ1n) is 6.07. The zero-order valence-corrected chi connectivity index (χ0v) is 10.4. The second-order valence-electron chi connectivity index (χ2n) is 4.79. The summed E-state index contributed by atoms with van der Waals surface area (Å²) in [6.45, 7) is 7.70. The number of aromatic nitrogens is 3. The maximum absolute atomic E-state index is 5.49. The molecule has 1 aromatic rings. The molecule has 94 valence electrons. The van der Waals surface area contributed by atoms with Crippen LogP contribution in [0.25, 0.3) is 0 Å². The number of nitrogen functional groups attached to an aromatic ring is 1. The number of anilines is 2. The molecule has 0 bridgehead atoms. The Hall–Kier alpha value is -1.43. The minimum Gasteiger partial charge on any atom is -0.368 e. The van der Waals surface area contributed by atoms with Crippen LogP contribution in [-0.4, -0.2) is 45.5 Å². The number of nitrogens with one attached hydrogen (secondary N) is 1. The molecule has 0 amide bonds. The summed E-state index contributed by atoms with van der Waals surface area (Å²) in [4.78, 5) is 14.3. The molecular formula is C11H20N6. The molecular weight excluding hydrogens is 216 g/mol. The lowest BCUT2D eigenvalue weighted by atomic mass is 10.1. The minimum atomic E-state index is 0.262. The standard InChI is InChI=1S/C11H20N6/c1-8(2)17-4-3-9(6-17)5-13-11-15-7-14-10(12)16-11/h7-9H,3-6H2,1-2H3,(H3,12,13,14,15,16). The summed E-state index contributed by atoms with van der Waals surface area (Å²) in [5.74, 6) is 1.49. The van der Waals surface area contributed by atoms with Crippen molar-refractivity contribution in [2.45, 2.75) is 26.3 Å². The van der Waals surface area contributed by atoms with Crippen LogP contribution in [0.2, 0.25) is 0 Å². The smallest absolute Gasteiger partial charge is 0.227 e. The summed E-state index contributed by atoms with van der Waals surface area (Å²) in [6, 6.07) is 0.632. The minimum absolute atomic E-state index is 0.262. The van der Waals surface area contributed by atoms with E-state index < -0.39 is 0 Å². The van der Waals surface area contributed by atoms with Crippen LogP contribution in [0.1, 0.15) is 20.3 Å². The van der Waals surface area contributed by atoms with Crippen LogP contribution in [0, 0.1) is 5.92 Å². The fourth-order valence-corrected chi connectivity index (χ4v) is 2.13. The van der Waals surface area contributed by atoms with Gasteiger partial charge in [-0.2, -0.15) is 4.98 Å². The van der Waals surface area contributed by atoms with Crippen LogP contribution < -0.4 is 11.1 Å². The highest BCUT2D eigenvalue weighted by Crippen LogP contribution is 2.18. The average Bonchev–Trinajstić information content (AvgIpc) is 2.75. The molecule has 1 saturated heterocycles. The molecule has 2 rings (SSSR count). The number of hydrogen-bond donors (Lipinski definition) is 2. The molecule has 17 heavy (non-hydrogen) atoms. The summed E-state index contributed by atoms with van der Waals surface area (Å²) in [7, 11) is 0. The fourth-order valence-electron chi connectivity index (χ4n) is 2.13. The van der Waals surface area contributed by atoms with Crippen molar-refractivity contribution in [3.8, 4) is 0 Å². The van der Waals surface area contributed by atoms with Gasteiger partial charge in [0.1, 0.15) is 6.33 Å². The van der Waals surface area contributed by atoms with E-state index in [-0.39, 0.29) is 5.95 Å². The molecule has 3 N–H and O–H groups in total. The summed E-state index contributed by atoms with van der Waals surface area (Å²) in [6.07, 6.45) is 2.66. The van der Waals surface area contributed by atoms with Crippen molar-refractivity contribution in [2.24, 2.45) is 5.92 Å². The van der Waals surface area contributed by atoms with Gasteiger partial charge in [0.05, 0.1) is 0 Å². The van der Waals surface area contributed by atoms with E-state index in [2.05, 4.69) is 39.0 Å². The quantitative estimate of drug-likeness (QED) is 0.796. The maximum Gasteiger partial charge on any atom is 0.227 e. The second-order valence-corrected chi connectivity index (χ2v) is 4.79. The van der Waals surface area contributed by atoms with E-state index in [1.807, 2.05) is 0 Å². The van der Waals surface area contributed by atoms with Gasteiger partial charge in [0, 0.05) is 19.1 Å². The Kier molecular flexibility index (Phi) is 3.73. The van der Waals surface area contributed by atoms with Crippen molar-refractivity contribution in [3.05, 3.63) is 6.33 Å². The molecule has 1 aromatic heterocycles. The van der Waals surface area contributed by atoms with E-state index in [9.17, 15) is 0 Å². The molecule has 1 atom stereocenters. The topological polar surface area (TPSA) is 80.0 Å². The second kappa shape index (κ2) is 5.27. The van der Waals surface area contributed by atoms with E-state index in [0.717, 1.165) is 13.1 Å². The van der Waals surface area contributed by atoms with E-state index in [1.54, 1.807) is 0 Å². The normalized spacial score (nSPS) is 21.0. The Morgan fingerprint density at radius 1 is 1.53 bits per heavy atom. The van der Waals surface area contributed by atoms with Gasteiger partial charge in [-0.05, 0) is 32.7 Å². The third-order valence-corrected chi connectivity index (χ3v) is 3.19. The summed E-state index contributed by atoms with van der Waals surface area (Å²) in [5, 5.41) is 3.22. The SMILES string of the molecule is CC(C)N1CCC(CNc2ncnc(N)n2)C1. The average molecular weight is 236 g/mol. The molecule has 2 heterocycles. The lowest BCUT2D eigenvalue weighted by Crippen LogP contribution is -2.29. The van der Waals surface area contributed by atoms with Crippen molar-refractivity contribution in [3.63, 3.8) is 0 Å². The predicted octanol–water partition coefficient (Wildman–Crippen LogP) is 0.596. The van der Waals surface area contributed by atoms with Gasteiger partial charge < -0.3 is 16.0 Å². The third kappa shape index (κ3) is 3.26. The highest BCUT2D eigenvalue weighted by Gasteiger charge is 2.23. The van der Waals surface area contributed by atoms with Crippen LogP contribution in [0.5, 0.6) is 0 Å². The lowest BCUT2D eigenvalue weighted by Gasteiger charge is -2.20. The van der Waals surface area contributed by atoms with Crippen molar-refractivity contribution in [1.82, 2.24) is 19.9 Å². The van der Waals surface area contributed by atoms with E-state index in [0.29, 0.717) is 17.9 Å². The first kappa shape index (κ1) is 12.0. The molecule has 6 nitrogen and oxygen atoms in total. The highest BCUT2D eigenvalue weighted by atomic mass is 15.2. The van der Waals surface area contributed by atoms with Crippen LogP contribution in [0.15, 0.2) is 6.33 Å². The van der Waals surface area contributed by atoms with Gasteiger partial charge in [0.2, 0.25) is 11.9 Å². The van der Waals surface area contributed by atoms with Crippen LogP contribution in [0.4, 0.5) is 11.9 Å². The van der Waals surface area contributed by atoms with Crippen LogP contribution >= 0.6 is 0 Å². The third-order valence-electron chi connectivity index (χ3n) is 3.19. The van der Waals surface area contributed by atoms with Gasteiger partial charge in [-0.15, -0.1) is 0 Å². The molecule has 0 radical (unpaired) electrons. The van der Waals surface area contributed by atoms with Gasteiger partial charge in [-0.25, -0.2) is 9.97 Å². The molecule has 0 aromatic carbocycles. The number of nitrogens with two attached hydrogens (primary N) is 1. The van der Waals surface area contributed by atoms with Crippen molar-refractivity contribution in [1.29, 1.82) is 0 Å². The zero-order valence-electron chi connectivity index (χ0n) is 10.4. The number of hydrogen-bond acceptors (Lipinski definition) is 6. The van der Waals surface area contributed by atoms with Crippen LogP contribution in [-0.2, 0) is 0 Å². The summed E-state index contributed by atoms with van der Waals surface area (Å²) < 4.78 is 0. The van der Waals surface area contributed by atoms with Gasteiger partial charge in [-0.1, -0.05) is 0 Å². The molecule has 1 unspecified atom stereocenters. The molecule has 0 aliphatic carbocycles. The molecule has 1 aliphatic heterocycles. The fraction of sp³-hybridized carbons (Fsp3) is 0.727. The van der Waals surface area contributed by atoms with Crippen molar-refractivity contribution >= 4 is 11.9 Å².